The number of hydrogen-bond donors (Lipinski definition) is 1. The van der Waals surface area contributed by atoms with Crippen LogP contribution in [0.4, 0.5) is 5.69 Å². The maximum atomic E-state index is 13.4. The summed E-state index contributed by atoms with van der Waals surface area (Å²) < 4.78 is 0. The fourth-order valence-corrected chi connectivity index (χ4v) is 5.00. The number of carbonyl (C=O) groups excluding carboxylic acids is 1. The Labute approximate surface area is 211 Å². The molecule has 5 rings (SSSR count). The molecule has 5 heteroatoms. The van der Waals surface area contributed by atoms with Crippen molar-refractivity contribution < 1.29 is 4.79 Å². The van der Waals surface area contributed by atoms with Crippen LogP contribution >= 0.6 is 11.8 Å². The first-order valence-corrected chi connectivity index (χ1v) is 13.2. The summed E-state index contributed by atoms with van der Waals surface area (Å²) in [5.74, 6) is -0.119. The van der Waals surface area contributed by atoms with Gasteiger partial charge in [-0.15, -0.1) is 11.8 Å². The average Bonchev–Trinajstić information content (AvgIpc) is 3.42. The van der Waals surface area contributed by atoms with Gasteiger partial charge >= 0.3 is 0 Å². The minimum Gasteiger partial charge on any atom is -0.322 e. The molecule has 1 aliphatic rings. The third-order valence-corrected chi connectivity index (χ3v) is 7.15. The quantitative estimate of drug-likeness (QED) is 0.290. The lowest BCUT2D eigenvalue weighted by Crippen LogP contribution is -2.18. The lowest BCUT2D eigenvalue weighted by molar-refractivity contribution is 0.102. The highest BCUT2D eigenvalue weighted by Gasteiger charge is 2.16. The summed E-state index contributed by atoms with van der Waals surface area (Å²) in [5.41, 5.74) is 6.57. The van der Waals surface area contributed by atoms with Gasteiger partial charge in [-0.3, -0.25) is 14.7 Å². The molecular weight excluding hydrogens is 450 g/mol. The number of pyridine rings is 1. The maximum absolute atomic E-state index is 13.4. The summed E-state index contributed by atoms with van der Waals surface area (Å²) in [5, 5.41) is 3.10. The van der Waals surface area contributed by atoms with Crippen molar-refractivity contribution in [1.29, 1.82) is 0 Å². The van der Waals surface area contributed by atoms with E-state index in [0.717, 1.165) is 39.5 Å². The number of carbonyl (C=O) groups is 1. The second-order valence-corrected chi connectivity index (χ2v) is 9.72. The Bertz CT molecular complexity index is 1300. The zero-order valence-electron chi connectivity index (χ0n) is 19.9. The summed E-state index contributed by atoms with van der Waals surface area (Å²) in [6.07, 6.45) is 6.42. The topological polar surface area (TPSA) is 45.2 Å². The van der Waals surface area contributed by atoms with Gasteiger partial charge in [0.2, 0.25) is 0 Å². The van der Waals surface area contributed by atoms with Crippen LogP contribution in [0, 0.1) is 0 Å². The molecule has 0 atom stereocenters. The third kappa shape index (κ3) is 5.64. The second-order valence-electron chi connectivity index (χ2n) is 8.84. The van der Waals surface area contributed by atoms with Crippen molar-refractivity contribution in [3.8, 4) is 22.4 Å². The van der Waals surface area contributed by atoms with Crippen molar-refractivity contribution in [1.82, 2.24) is 9.88 Å². The SMILES string of the molecule is CSc1ccc(C(=O)Nc2cccc(-c3ccccn3)c2)c(-c2ccc(CN3CCCC3)cc2)c1. The average molecular weight is 480 g/mol. The van der Waals surface area contributed by atoms with Gasteiger partial charge in [-0.25, -0.2) is 0 Å². The summed E-state index contributed by atoms with van der Waals surface area (Å²) in [4.78, 5) is 21.5. The Kier molecular flexibility index (Phi) is 7.26. The van der Waals surface area contributed by atoms with Crippen molar-refractivity contribution >= 4 is 23.4 Å². The van der Waals surface area contributed by atoms with Crippen LogP contribution in [-0.2, 0) is 6.54 Å². The van der Waals surface area contributed by atoms with Gasteiger partial charge in [-0.2, -0.15) is 0 Å². The summed E-state index contributed by atoms with van der Waals surface area (Å²) in [6.45, 7) is 3.36. The van der Waals surface area contributed by atoms with E-state index in [2.05, 4.69) is 51.8 Å². The van der Waals surface area contributed by atoms with Crippen LogP contribution in [0.3, 0.4) is 0 Å². The highest BCUT2D eigenvalue weighted by molar-refractivity contribution is 7.98. The summed E-state index contributed by atoms with van der Waals surface area (Å²) in [7, 11) is 0. The maximum Gasteiger partial charge on any atom is 0.256 e. The molecule has 0 spiro atoms. The molecule has 2 heterocycles. The van der Waals surface area contributed by atoms with E-state index in [4.69, 9.17) is 0 Å². The van der Waals surface area contributed by atoms with E-state index < -0.39 is 0 Å². The molecule has 1 N–H and O–H groups in total. The minimum atomic E-state index is -0.119. The Balaban J connectivity index is 1.40. The number of anilines is 1. The second kappa shape index (κ2) is 10.9. The lowest BCUT2D eigenvalue weighted by Gasteiger charge is -2.16. The number of hydrogen-bond acceptors (Lipinski definition) is 4. The molecule has 0 unspecified atom stereocenters. The van der Waals surface area contributed by atoms with Crippen molar-refractivity contribution in [3.63, 3.8) is 0 Å². The number of aromatic nitrogens is 1. The fourth-order valence-electron chi connectivity index (χ4n) is 4.56. The summed E-state index contributed by atoms with van der Waals surface area (Å²) >= 11 is 1.68. The van der Waals surface area contributed by atoms with E-state index in [9.17, 15) is 4.79 Å². The highest BCUT2D eigenvalue weighted by Crippen LogP contribution is 2.30. The largest absolute Gasteiger partial charge is 0.322 e. The van der Waals surface area contributed by atoms with Crippen molar-refractivity contribution in [2.24, 2.45) is 0 Å². The predicted octanol–water partition coefficient (Wildman–Crippen LogP) is 6.99. The molecule has 3 aromatic carbocycles. The normalized spacial score (nSPS) is 13.6. The molecule has 0 bridgehead atoms. The number of amides is 1. The van der Waals surface area contributed by atoms with Gasteiger partial charge in [0.15, 0.2) is 0 Å². The third-order valence-electron chi connectivity index (χ3n) is 6.42. The van der Waals surface area contributed by atoms with Crippen molar-refractivity contribution in [3.05, 3.63) is 102 Å². The Morgan fingerprint density at radius 2 is 1.74 bits per heavy atom. The van der Waals surface area contributed by atoms with Crippen LogP contribution in [0.2, 0.25) is 0 Å². The van der Waals surface area contributed by atoms with Gasteiger partial charge in [0.05, 0.1) is 5.69 Å². The molecule has 35 heavy (non-hydrogen) atoms. The van der Waals surface area contributed by atoms with E-state index >= 15 is 0 Å². The first kappa shape index (κ1) is 23.3. The Morgan fingerprint density at radius 1 is 0.914 bits per heavy atom. The zero-order chi connectivity index (χ0) is 24.0. The first-order valence-electron chi connectivity index (χ1n) is 12.0. The molecule has 176 valence electrons. The van der Waals surface area contributed by atoms with Crippen LogP contribution < -0.4 is 5.32 Å². The van der Waals surface area contributed by atoms with Crippen LogP contribution in [0.15, 0.2) is 96.0 Å². The number of thioether (sulfide) groups is 1. The smallest absolute Gasteiger partial charge is 0.256 e. The number of nitrogens with one attached hydrogen (secondary N) is 1. The van der Waals surface area contributed by atoms with Crippen LogP contribution in [-0.4, -0.2) is 35.1 Å². The molecule has 4 aromatic rings. The van der Waals surface area contributed by atoms with E-state index in [-0.39, 0.29) is 5.91 Å². The number of benzene rings is 3. The van der Waals surface area contributed by atoms with Gasteiger partial charge in [0.25, 0.3) is 5.91 Å². The predicted molar refractivity (Wildman–Crippen MR) is 146 cm³/mol. The van der Waals surface area contributed by atoms with Crippen molar-refractivity contribution in [2.45, 2.75) is 24.3 Å². The molecule has 4 nitrogen and oxygen atoms in total. The van der Waals surface area contributed by atoms with Crippen molar-refractivity contribution in [2.75, 3.05) is 24.7 Å². The number of nitrogens with zero attached hydrogens (tertiary/aromatic N) is 2. The fraction of sp³-hybridized carbons (Fsp3) is 0.200. The van der Waals surface area contributed by atoms with Gasteiger partial charge < -0.3 is 5.32 Å². The van der Waals surface area contributed by atoms with Crippen LogP contribution in [0.1, 0.15) is 28.8 Å². The van der Waals surface area contributed by atoms with Gasteiger partial charge in [-0.05, 0) is 91.3 Å². The molecular formula is C30H29N3OS. The molecule has 1 saturated heterocycles. The van der Waals surface area contributed by atoms with Gasteiger partial charge in [0.1, 0.15) is 0 Å². The van der Waals surface area contributed by atoms with E-state index in [1.807, 2.05) is 54.6 Å². The first-order chi connectivity index (χ1) is 17.2. The molecule has 1 aliphatic heterocycles. The van der Waals surface area contributed by atoms with Gasteiger partial charge in [-0.1, -0.05) is 42.5 Å². The molecule has 1 fully saturated rings. The molecule has 0 aliphatic carbocycles. The van der Waals surface area contributed by atoms with E-state index in [1.54, 1.807) is 18.0 Å². The highest BCUT2D eigenvalue weighted by atomic mass is 32.2. The van der Waals surface area contributed by atoms with E-state index in [0.29, 0.717) is 5.56 Å². The standard InChI is InChI=1S/C30H29N3OS/c1-35-26-14-15-27(28(20-26)23-12-10-22(11-13-23)21-33-17-4-5-18-33)30(34)32-25-8-6-7-24(19-25)29-9-2-3-16-31-29/h2-3,6-16,19-20H,4-5,17-18,21H2,1H3,(H,32,34). The lowest BCUT2D eigenvalue weighted by atomic mass is 9.98. The number of rotatable bonds is 7. The monoisotopic (exact) mass is 479 g/mol. The Morgan fingerprint density at radius 3 is 2.49 bits per heavy atom. The van der Waals surface area contributed by atoms with Crippen LogP contribution in [0.25, 0.3) is 22.4 Å². The molecule has 1 amide bonds. The summed E-state index contributed by atoms with van der Waals surface area (Å²) in [6, 6.07) is 28.4. The zero-order valence-corrected chi connectivity index (χ0v) is 20.7. The van der Waals surface area contributed by atoms with Gasteiger partial charge in [0, 0.05) is 34.5 Å². The molecule has 0 saturated carbocycles. The van der Waals surface area contributed by atoms with E-state index in [1.165, 1.54) is 31.5 Å². The molecule has 0 radical (unpaired) electrons. The van der Waals surface area contributed by atoms with Crippen LogP contribution in [0.5, 0.6) is 0 Å². The molecule has 1 aromatic heterocycles. The number of likely N-dealkylation sites (tertiary alicyclic amines) is 1. The minimum absolute atomic E-state index is 0.119. The Hall–Kier alpha value is -3.41.